The van der Waals surface area contributed by atoms with Crippen LogP contribution in [-0.4, -0.2) is 12.8 Å². The lowest BCUT2D eigenvalue weighted by Crippen LogP contribution is -2.05. The molecule has 48 valence electrons. The normalized spacial score (nSPS) is 13.0. The molecule has 0 spiro atoms. The highest BCUT2D eigenvalue weighted by Crippen LogP contribution is 2.07. The fourth-order valence-electron chi connectivity index (χ4n) is 0.365. The summed E-state index contributed by atoms with van der Waals surface area (Å²) in [6.07, 6.45) is 1.99. The average molecular weight is 113 g/mol. The van der Waals surface area contributed by atoms with Crippen LogP contribution >= 0.6 is 0 Å². The van der Waals surface area contributed by atoms with E-state index in [9.17, 15) is 0 Å². The maximum Gasteiger partial charge on any atom is 0.0357 e. The number of aliphatic imine (C=N–C) groups is 1. The average Bonchev–Trinajstić information content (AvgIpc) is 1.59. The first-order valence-corrected chi connectivity index (χ1v) is 3.07. The fourth-order valence-corrected chi connectivity index (χ4v) is 0.365. The first kappa shape index (κ1) is 7.67. The molecular weight excluding hydrogens is 98.1 g/mol. The molecule has 0 heterocycles. The molecule has 0 fully saturated rings. The minimum Gasteiger partial charge on any atom is -0.297 e. The van der Waals surface area contributed by atoms with Crippen molar-refractivity contribution in [3.8, 4) is 0 Å². The molecule has 0 unspecified atom stereocenters. The predicted molar refractivity (Wildman–Crippen MR) is 38.5 cm³/mol. The van der Waals surface area contributed by atoms with E-state index in [-0.39, 0.29) is 5.41 Å². The minimum absolute atomic E-state index is 0.260. The number of nitrogens with zero attached hydrogens (tertiary/aromatic N) is 1. The van der Waals surface area contributed by atoms with E-state index in [4.69, 9.17) is 0 Å². The van der Waals surface area contributed by atoms with Gasteiger partial charge >= 0.3 is 0 Å². The molecule has 0 bridgehead atoms. The number of hydrogen-bond acceptors (Lipinski definition) is 1. The van der Waals surface area contributed by atoms with E-state index in [0.717, 1.165) is 6.54 Å². The largest absolute Gasteiger partial charge is 0.297 e. The van der Waals surface area contributed by atoms with Crippen LogP contribution in [0.2, 0.25) is 0 Å². The molecule has 0 aliphatic rings. The Labute approximate surface area is 51.8 Å². The predicted octanol–water partition coefficient (Wildman–Crippen LogP) is 2.12. The van der Waals surface area contributed by atoms with Crippen molar-refractivity contribution in [1.29, 1.82) is 0 Å². The van der Waals surface area contributed by atoms with Crippen LogP contribution in [0.15, 0.2) is 4.99 Å². The molecule has 0 rings (SSSR count). The summed E-state index contributed by atoms with van der Waals surface area (Å²) >= 11 is 0. The Morgan fingerprint density at radius 3 is 2.00 bits per heavy atom. The molecule has 0 radical (unpaired) electrons. The molecule has 0 aromatic heterocycles. The highest BCUT2D eigenvalue weighted by atomic mass is 14.7. The van der Waals surface area contributed by atoms with Gasteiger partial charge in [-0.25, -0.2) is 0 Å². The van der Waals surface area contributed by atoms with Crippen molar-refractivity contribution < 1.29 is 0 Å². The first-order chi connectivity index (χ1) is 3.56. The van der Waals surface area contributed by atoms with Crippen LogP contribution < -0.4 is 0 Å². The van der Waals surface area contributed by atoms with Gasteiger partial charge in [-0.1, -0.05) is 20.8 Å². The molecular formula is C7H15N. The summed E-state index contributed by atoms with van der Waals surface area (Å²) in [5, 5.41) is 0. The Balaban J connectivity index is 3.52. The zero-order valence-electron chi connectivity index (χ0n) is 6.23. The second-order valence-electron chi connectivity index (χ2n) is 2.99. The van der Waals surface area contributed by atoms with Gasteiger partial charge in [-0.2, -0.15) is 0 Å². The SMILES string of the molecule is CCN=CC(C)(C)C. The Bertz CT molecular complexity index is 76.9. The van der Waals surface area contributed by atoms with Gasteiger partial charge in [-0.15, -0.1) is 0 Å². The highest BCUT2D eigenvalue weighted by molar-refractivity contribution is 5.63. The van der Waals surface area contributed by atoms with Crippen molar-refractivity contribution in [2.45, 2.75) is 27.7 Å². The lowest BCUT2D eigenvalue weighted by molar-refractivity contribution is 0.604. The zero-order chi connectivity index (χ0) is 6.62. The molecule has 0 N–H and O–H groups in total. The molecule has 0 aliphatic carbocycles. The summed E-state index contributed by atoms with van der Waals surface area (Å²) < 4.78 is 0. The maximum atomic E-state index is 4.12. The van der Waals surface area contributed by atoms with Gasteiger partial charge in [0, 0.05) is 12.8 Å². The van der Waals surface area contributed by atoms with E-state index in [1.807, 2.05) is 13.1 Å². The van der Waals surface area contributed by atoms with E-state index in [2.05, 4.69) is 25.8 Å². The van der Waals surface area contributed by atoms with E-state index >= 15 is 0 Å². The molecule has 0 aromatic rings. The Hall–Kier alpha value is -0.330. The van der Waals surface area contributed by atoms with Crippen LogP contribution in [0.4, 0.5) is 0 Å². The molecule has 1 nitrogen and oxygen atoms in total. The van der Waals surface area contributed by atoms with Gasteiger partial charge in [0.25, 0.3) is 0 Å². The van der Waals surface area contributed by atoms with Crippen molar-refractivity contribution in [2.24, 2.45) is 10.4 Å². The Kier molecular flexibility index (Phi) is 2.74. The molecule has 0 amide bonds. The summed E-state index contributed by atoms with van der Waals surface area (Å²) in [5.41, 5.74) is 0.260. The lowest BCUT2D eigenvalue weighted by atomic mass is 9.99. The van der Waals surface area contributed by atoms with Crippen molar-refractivity contribution in [2.75, 3.05) is 6.54 Å². The second-order valence-corrected chi connectivity index (χ2v) is 2.99. The Morgan fingerprint density at radius 2 is 1.88 bits per heavy atom. The van der Waals surface area contributed by atoms with Crippen molar-refractivity contribution in [3.63, 3.8) is 0 Å². The zero-order valence-corrected chi connectivity index (χ0v) is 6.23. The van der Waals surface area contributed by atoms with Crippen LogP contribution in [0.25, 0.3) is 0 Å². The summed E-state index contributed by atoms with van der Waals surface area (Å²) in [6.45, 7) is 9.38. The topological polar surface area (TPSA) is 12.4 Å². The third-order valence-electron chi connectivity index (χ3n) is 0.661. The number of hydrogen-bond donors (Lipinski definition) is 0. The molecule has 0 atom stereocenters. The maximum absolute atomic E-state index is 4.12. The van der Waals surface area contributed by atoms with Crippen molar-refractivity contribution >= 4 is 6.21 Å². The van der Waals surface area contributed by atoms with Gasteiger partial charge in [0.2, 0.25) is 0 Å². The smallest absolute Gasteiger partial charge is 0.0357 e. The Morgan fingerprint density at radius 1 is 1.38 bits per heavy atom. The van der Waals surface area contributed by atoms with E-state index in [1.54, 1.807) is 0 Å². The molecule has 0 saturated heterocycles. The molecule has 8 heavy (non-hydrogen) atoms. The third-order valence-corrected chi connectivity index (χ3v) is 0.661. The van der Waals surface area contributed by atoms with Gasteiger partial charge < -0.3 is 0 Å². The van der Waals surface area contributed by atoms with E-state index < -0.39 is 0 Å². The summed E-state index contributed by atoms with van der Waals surface area (Å²) in [7, 11) is 0. The van der Waals surface area contributed by atoms with Crippen LogP contribution in [0.3, 0.4) is 0 Å². The van der Waals surface area contributed by atoms with Crippen LogP contribution in [0.1, 0.15) is 27.7 Å². The minimum atomic E-state index is 0.260. The van der Waals surface area contributed by atoms with Crippen LogP contribution in [0.5, 0.6) is 0 Å². The lowest BCUT2D eigenvalue weighted by Gasteiger charge is -2.08. The monoisotopic (exact) mass is 113 g/mol. The summed E-state index contributed by atoms with van der Waals surface area (Å²) in [4.78, 5) is 4.12. The quantitative estimate of drug-likeness (QED) is 0.462. The third kappa shape index (κ3) is 5.67. The van der Waals surface area contributed by atoms with Crippen molar-refractivity contribution in [3.05, 3.63) is 0 Å². The van der Waals surface area contributed by atoms with Crippen LogP contribution in [0, 0.1) is 5.41 Å². The standard InChI is InChI=1S/C7H15N/c1-5-8-6-7(2,3)4/h6H,5H2,1-4H3. The van der Waals surface area contributed by atoms with Gasteiger partial charge in [0.1, 0.15) is 0 Å². The summed E-state index contributed by atoms with van der Waals surface area (Å²) in [5.74, 6) is 0. The van der Waals surface area contributed by atoms with Gasteiger partial charge in [-0.3, -0.25) is 4.99 Å². The van der Waals surface area contributed by atoms with Crippen molar-refractivity contribution in [1.82, 2.24) is 0 Å². The molecule has 0 aromatic carbocycles. The molecule has 0 aliphatic heterocycles. The summed E-state index contributed by atoms with van der Waals surface area (Å²) in [6, 6.07) is 0. The number of rotatable bonds is 1. The second kappa shape index (κ2) is 2.85. The highest BCUT2D eigenvalue weighted by Gasteiger charge is 2.03. The van der Waals surface area contributed by atoms with Crippen LogP contribution in [-0.2, 0) is 0 Å². The molecule has 0 saturated carbocycles. The van der Waals surface area contributed by atoms with Gasteiger partial charge in [-0.05, 0) is 12.3 Å². The fraction of sp³-hybridized carbons (Fsp3) is 0.857. The first-order valence-electron chi connectivity index (χ1n) is 3.07. The molecule has 1 heteroatoms. The van der Waals surface area contributed by atoms with E-state index in [0.29, 0.717) is 0 Å². The van der Waals surface area contributed by atoms with Gasteiger partial charge in [0.15, 0.2) is 0 Å². The van der Waals surface area contributed by atoms with E-state index in [1.165, 1.54) is 0 Å². The van der Waals surface area contributed by atoms with Gasteiger partial charge in [0.05, 0.1) is 0 Å².